The Labute approximate surface area is 105 Å². The largest absolute Gasteiger partial charge is 0.376 e. The molecule has 0 spiro atoms. The zero-order chi connectivity index (χ0) is 13.0. The molecule has 2 aromatic rings. The first kappa shape index (κ1) is 12.1. The van der Waals surface area contributed by atoms with Gasteiger partial charge in [-0.3, -0.25) is 4.98 Å². The lowest BCUT2D eigenvalue weighted by Crippen LogP contribution is -2.09. The molecule has 0 saturated carbocycles. The van der Waals surface area contributed by atoms with E-state index in [1.165, 1.54) is 6.07 Å². The normalized spacial score (nSPS) is 11.6. The van der Waals surface area contributed by atoms with Crippen molar-refractivity contribution in [1.29, 1.82) is 5.26 Å². The van der Waals surface area contributed by atoms with Crippen LogP contribution in [-0.2, 0) is 0 Å². The fourth-order valence-corrected chi connectivity index (χ4v) is 1.70. The van der Waals surface area contributed by atoms with Gasteiger partial charge in [-0.2, -0.15) is 5.26 Å². The van der Waals surface area contributed by atoms with E-state index in [9.17, 15) is 4.39 Å². The number of nitriles is 1. The van der Waals surface area contributed by atoms with E-state index in [-0.39, 0.29) is 11.6 Å². The topological polar surface area (TPSA) is 48.7 Å². The van der Waals surface area contributed by atoms with Crippen LogP contribution in [0.25, 0.3) is 0 Å². The van der Waals surface area contributed by atoms with Crippen LogP contribution >= 0.6 is 0 Å². The van der Waals surface area contributed by atoms with E-state index in [1.54, 1.807) is 18.3 Å². The first-order valence-corrected chi connectivity index (χ1v) is 5.58. The third kappa shape index (κ3) is 2.46. The average molecular weight is 241 g/mol. The summed E-state index contributed by atoms with van der Waals surface area (Å²) in [4.78, 5) is 4.21. The number of nitrogens with zero attached hydrogens (tertiary/aromatic N) is 2. The molecule has 1 N–H and O–H groups in total. The number of hydrogen-bond donors (Lipinski definition) is 1. The van der Waals surface area contributed by atoms with Gasteiger partial charge >= 0.3 is 0 Å². The molecule has 18 heavy (non-hydrogen) atoms. The van der Waals surface area contributed by atoms with Gasteiger partial charge < -0.3 is 5.32 Å². The van der Waals surface area contributed by atoms with Gasteiger partial charge in [0.15, 0.2) is 0 Å². The van der Waals surface area contributed by atoms with Crippen LogP contribution in [0, 0.1) is 17.1 Å². The van der Waals surface area contributed by atoms with Gasteiger partial charge in [0.05, 0.1) is 17.4 Å². The number of nitrogens with one attached hydrogen (secondary N) is 1. The minimum atomic E-state index is -0.518. The highest BCUT2D eigenvalue weighted by molar-refractivity contribution is 5.58. The number of anilines is 1. The third-order valence-electron chi connectivity index (χ3n) is 2.63. The highest BCUT2D eigenvalue weighted by Gasteiger charge is 2.11. The summed E-state index contributed by atoms with van der Waals surface area (Å²) in [5.41, 5.74) is 1.35. The maximum atomic E-state index is 13.4. The minimum Gasteiger partial charge on any atom is -0.376 e. The Bertz CT molecular complexity index is 575. The Kier molecular flexibility index (Phi) is 3.54. The molecule has 1 atom stereocenters. The predicted molar refractivity (Wildman–Crippen MR) is 67.4 cm³/mol. The predicted octanol–water partition coefficient (Wildman–Crippen LogP) is 3.27. The molecule has 0 bridgehead atoms. The van der Waals surface area contributed by atoms with Crippen molar-refractivity contribution in [2.75, 3.05) is 5.32 Å². The molecule has 1 aromatic heterocycles. The second-order valence-electron chi connectivity index (χ2n) is 3.89. The standard InChI is InChI=1S/C14H12FN3/c1-10(13-6-2-3-8-17-13)18-14-7-4-5-12(15)11(14)9-16/h2-8,10,18H,1H3. The van der Waals surface area contributed by atoms with E-state index in [0.29, 0.717) is 5.69 Å². The van der Waals surface area contributed by atoms with E-state index >= 15 is 0 Å². The SMILES string of the molecule is CC(Nc1cccc(F)c1C#N)c1ccccn1. The molecule has 0 amide bonds. The molecule has 0 radical (unpaired) electrons. The van der Waals surface area contributed by atoms with Crippen molar-refractivity contribution in [3.05, 3.63) is 59.7 Å². The smallest absolute Gasteiger partial charge is 0.143 e. The van der Waals surface area contributed by atoms with Crippen molar-refractivity contribution in [3.8, 4) is 6.07 Å². The number of aromatic nitrogens is 1. The zero-order valence-corrected chi connectivity index (χ0v) is 9.89. The van der Waals surface area contributed by atoms with E-state index in [0.717, 1.165) is 5.69 Å². The summed E-state index contributed by atoms with van der Waals surface area (Å²) >= 11 is 0. The maximum absolute atomic E-state index is 13.4. The minimum absolute atomic E-state index is 0.0280. The van der Waals surface area contributed by atoms with Crippen LogP contribution in [0.15, 0.2) is 42.6 Å². The molecule has 90 valence electrons. The number of benzene rings is 1. The van der Waals surface area contributed by atoms with Crippen LogP contribution < -0.4 is 5.32 Å². The summed E-state index contributed by atoms with van der Waals surface area (Å²) in [5.74, 6) is -0.518. The first-order chi connectivity index (χ1) is 8.72. The van der Waals surface area contributed by atoms with Crippen LogP contribution in [0.3, 0.4) is 0 Å². The molecule has 1 heterocycles. The van der Waals surface area contributed by atoms with Gasteiger partial charge in [0.1, 0.15) is 17.4 Å². The van der Waals surface area contributed by atoms with Crippen molar-refractivity contribution >= 4 is 5.69 Å². The van der Waals surface area contributed by atoms with E-state index in [2.05, 4.69) is 10.3 Å². The quantitative estimate of drug-likeness (QED) is 0.897. The number of hydrogen-bond acceptors (Lipinski definition) is 3. The average Bonchev–Trinajstić information content (AvgIpc) is 2.40. The summed E-state index contributed by atoms with van der Waals surface area (Å²) in [6.45, 7) is 1.91. The van der Waals surface area contributed by atoms with Crippen LogP contribution in [0.4, 0.5) is 10.1 Å². The summed E-state index contributed by atoms with van der Waals surface area (Å²) < 4.78 is 13.4. The molecule has 0 fully saturated rings. The van der Waals surface area contributed by atoms with E-state index < -0.39 is 5.82 Å². The van der Waals surface area contributed by atoms with Gasteiger partial charge in [-0.25, -0.2) is 4.39 Å². The Balaban J connectivity index is 2.25. The third-order valence-corrected chi connectivity index (χ3v) is 2.63. The molecule has 0 aliphatic rings. The number of pyridine rings is 1. The molecule has 0 aliphatic carbocycles. The Hall–Kier alpha value is -2.41. The lowest BCUT2D eigenvalue weighted by Gasteiger charge is -2.15. The fraction of sp³-hybridized carbons (Fsp3) is 0.143. The van der Waals surface area contributed by atoms with Gasteiger partial charge in [-0.15, -0.1) is 0 Å². The number of rotatable bonds is 3. The molecule has 0 saturated heterocycles. The summed E-state index contributed by atoms with van der Waals surface area (Å²) in [5, 5.41) is 12.0. The fourth-order valence-electron chi connectivity index (χ4n) is 1.70. The van der Waals surface area contributed by atoms with Crippen molar-refractivity contribution in [3.63, 3.8) is 0 Å². The van der Waals surface area contributed by atoms with Crippen molar-refractivity contribution in [2.24, 2.45) is 0 Å². The van der Waals surface area contributed by atoms with Crippen LogP contribution in [-0.4, -0.2) is 4.98 Å². The molecule has 4 heteroatoms. The van der Waals surface area contributed by atoms with Crippen LogP contribution in [0.5, 0.6) is 0 Å². The Morgan fingerprint density at radius 2 is 2.11 bits per heavy atom. The Morgan fingerprint density at radius 3 is 2.78 bits per heavy atom. The molecule has 1 aromatic carbocycles. The van der Waals surface area contributed by atoms with Gasteiger partial charge in [0.2, 0.25) is 0 Å². The molecule has 3 nitrogen and oxygen atoms in total. The monoisotopic (exact) mass is 241 g/mol. The second-order valence-corrected chi connectivity index (χ2v) is 3.89. The first-order valence-electron chi connectivity index (χ1n) is 5.58. The molecule has 1 unspecified atom stereocenters. The van der Waals surface area contributed by atoms with E-state index in [1.807, 2.05) is 31.2 Å². The second kappa shape index (κ2) is 5.28. The lowest BCUT2D eigenvalue weighted by molar-refractivity contribution is 0.624. The molecule has 0 aliphatic heterocycles. The Morgan fingerprint density at radius 1 is 1.28 bits per heavy atom. The van der Waals surface area contributed by atoms with Gasteiger partial charge in [-0.1, -0.05) is 12.1 Å². The summed E-state index contributed by atoms with van der Waals surface area (Å²) in [6.07, 6.45) is 1.70. The van der Waals surface area contributed by atoms with Gasteiger partial charge in [0.25, 0.3) is 0 Å². The van der Waals surface area contributed by atoms with E-state index in [4.69, 9.17) is 5.26 Å². The van der Waals surface area contributed by atoms with Crippen molar-refractivity contribution in [2.45, 2.75) is 13.0 Å². The molecule has 2 rings (SSSR count). The van der Waals surface area contributed by atoms with Crippen molar-refractivity contribution < 1.29 is 4.39 Å². The highest BCUT2D eigenvalue weighted by atomic mass is 19.1. The molecular weight excluding hydrogens is 229 g/mol. The summed E-state index contributed by atoms with van der Waals surface area (Å²) in [7, 11) is 0. The highest BCUT2D eigenvalue weighted by Crippen LogP contribution is 2.22. The van der Waals surface area contributed by atoms with Gasteiger partial charge in [0, 0.05) is 6.20 Å². The lowest BCUT2D eigenvalue weighted by atomic mass is 10.1. The maximum Gasteiger partial charge on any atom is 0.143 e. The zero-order valence-electron chi connectivity index (χ0n) is 9.89. The number of halogens is 1. The summed E-state index contributed by atoms with van der Waals surface area (Å²) in [6, 6.07) is 11.9. The molecular formula is C14H12FN3. The van der Waals surface area contributed by atoms with Gasteiger partial charge in [-0.05, 0) is 31.2 Å². The van der Waals surface area contributed by atoms with Crippen molar-refractivity contribution in [1.82, 2.24) is 4.98 Å². The van der Waals surface area contributed by atoms with Crippen LogP contribution in [0.2, 0.25) is 0 Å². The van der Waals surface area contributed by atoms with Crippen LogP contribution in [0.1, 0.15) is 24.2 Å².